The zero-order valence-corrected chi connectivity index (χ0v) is 23.5. The number of esters is 1. The van der Waals surface area contributed by atoms with E-state index in [0.717, 1.165) is 67.2 Å². The third-order valence-electron chi connectivity index (χ3n) is 8.07. The molecule has 8 heteroatoms. The van der Waals surface area contributed by atoms with Crippen LogP contribution in [-0.2, 0) is 4.74 Å². The van der Waals surface area contributed by atoms with E-state index in [1.54, 1.807) is 12.1 Å². The second-order valence-corrected chi connectivity index (χ2v) is 10.8. The molecule has 0 aliphatic carbocycles. The highest BCUT2D eigenvalue weighted by Crippen LogP contribution is 2.33. The summed E-state index contributed by atoms with van der Waals surface area (Å²) in [5, 5.41) is 11.3. The normalized spacial score (nSPS) is 16.9. The predicted octanol–water partition coefficient (Wildman–Crippen LogP) is 5.74. The Morgan fingerprint density at radius 1 is 0.925 bits per heavy atom. The first-order chi connectivity index (χ1) is 19.3. The fraction of sp³-hybridized carbons (Fsp3) is 0.375. The topological polar surface area (TPSA) is 102 Å². The monoisotopic (exact) mass is 542 g/mol. The fourth-order valence-electron chi connectivity index (χ4n) is 5.68. The van der Waals surface area contributed by atoms with Gasteiger partial charge in [0.25, 0.3) is 0 Å². The van der Waals surface area contributed by atoms with Crippen LogP contribution in [0.1, 0.15) is 63.9 Å². The second-order valence-electron chi connectivity index (χ2n) is 10.8. The number of carboxylic acids is 1. The molecule has 0 unspecified atom stereocenters. The smallest absolute Gasteiger partial charge is 0.338 e. The molecule has 40 heavy (non-hydrogen) atoms. The summed E-state index contributed by atoms with van der Waals surface area (Å²) in [7, 11) is 4.27. The summed E-state index contributed by atoms with van der Waals surface area (Å²) in [4.78, 5) is 34.1. The molecule has 210 valence electrons. The first kappa shape index (κ1) is 27.7. The van der Waals surface area contributed by atoms with Crippen LogP contribution in [0.3, 0.4) is 0 Å². The maximum absolute atomic E-state index is 11.9. The third-order valence-corrected chi connectivity index (χ3v) is 8.07. The van der Waals surface area contributed by atoms with Crippen molar-refractivity contribution in [2.75, 3.05) is 46.9 Å². The molecule has 0 amide bonds. The zero-order chi connectivity index (χ0) is 28.2. The highest BCUT2D eigenvalue weighted by atomic mass is 16.5. The minimum absolute atomic E-state index is 0.260. The van der Waals surface area contributed by atoms with Gasteiger partial charge in [-0.3, -0.25) is 0 Å². The SMILES string of the molecule is CCOC(=O)c1ccc2[nH]cc(C3=CCN(C)CC3)c2c1.CN1CCC(c2c[nH]c3ccc(C(=O)O)cc23)CC1. The standard InChI is InChI=1S/C17H20N2O2.C15H18N2O2/c1-3-21-17(20)13-4-5-16-14(10-13)15(11-18-16)12-6-8-19(2)9-7-12;1-17-6-4-10(5-7-17)13-9-16-14-3-2-11(15(18)19)8-12(13)14/h4-6,10-11,18H,3,7-9H2,1-2H3;2-3,8-10,16H,4-7H2,1H3,(H,18,19). The lowest BCUT2D eigenvalue weighted by molar-refractivity contribution is 0.0526. The van der Waals surface area contributed by atoms with Crippen molar-refractivity contribution < 1.29 is 19.4 Å². The van der Waals surface area contributed by atoms with Crippen LogP contribution in [0.2, 0.25) is 0 Å². The molecule has 0 bridgehead atoms. The van der Waals surface area contributed by atoms with Crippen molar-refractivity contribution >= 4 is 39.3 Å². The van der Waals surface area contributed by atoms with Gasteiger partial charge in [0.15, 0.2) is 0 Å². The van der Waals surface area contributed by atoms with E-state index in [2.05, 4.69) is 39.9 Å². The Labute approximate surface area is 234 Å². The van der Waals surface area contributed by atoms with Gasteiger partial charge in [-0.05, 0) is 107 Å². The number of hydrogen-bond donors (Lipinski definition) is 3. The molecule has 8 nitrogen and oxygen atoms in total. The largest absolute Gasteiger partial charge is 0.478 e. The lowest BCUT2D eigenvalue weighted by Crippen LogP contribution is -2.29. The van der Waals surface area contributed by atoms with Gasteiger partial charge in [0, 0.05) is 52.9 Å². The number of nitrogens with zero attached hydrogens (tertiary/aromatic N) is 2. The van der Waals surface area contributed by atoms with Crippen molar-refractivity contribution in [1.82, 2.24) is 19.8 Å². The summed E-state index contributed by atoms with van der Waals surface area (Å²) in [6, 6.07) is 11.0. The van der Waals surface area contributed by atoms with Crippen molar-refractivity contribution in [2.24, 2.45) is 0 Å². The molecule has 6 rings (SSSR count). The van der Waals surface area contributed by atoms with Gasteiger partial charge in [-0.15, -0.1) is 0 Å². The first-order valence-electron chi connectivity index (χ1n) is 14.0. The number of piperidine rings is 1. The quantitative estimate of drug-likeness (QED) is 0.278. The molecule has 1 saturated heterocycles. The van der Waals surface area contributed by atoms with Gasteiger partial charge in [0.2, 0.25) is 0 Å². The lowest BCUT2D eigenvalue weighted by Gasteiger charge is -2.28. The first-order valence-corrected chi connectivity index (χ1v) is 14.0. The molecule has 2 aliphatic heterocycles. The number of likely N-dealkylation sites (tertiary alicyclic amines) is 1. The Hall–Kier alpha value is -3.88. The van der Waals surface area contributed by atoms with Crippen LogP contribution in [0.25, 0.3) is 27.4 Å². The van der Waals surface area contributed by atoms with Crippen molar-refractivity contribution in [1.29, 1.82) is 0 Å². The summed E-state index contributed by atoms with van der Waals surface area (Å²) in [6.07, 6.45) is 9.67. The summed E-state index contributed by atoms with van der Waals surface area (Å²) in [6.45, 7) is 6.47. The van der Waals surface area contributed by atoms with E-state index in [9.17, 15) is 9.59 Å². The average molecular weight is 543 g/mol. The maximum Gasteiger partial charge on any atom is 0.338 e. The van der Waals surface area contributed by atoms with Crippen LogP contribution in [-0.4, -0.2) is 83.7 Å². The molecule has 3 N–H and O–H groups in total. The number of likely N-dealkylation sites (N-methyl/N-ethyl adjacent to an activating group) is 1. The number of aromatic carboxylic acids is 1. The van der Waals surface area contributed by atoms with Gasteiger partial charge in [0.05, 0.1) is 17.7 Å². The molecule has 4 heterocycles. The van der Waals surface area contributed by atoms with Gasteiger partial charge in [-0.1, -0.05) is 6.08 Å². The number of carbonyl (C=O) groups is 2. The summed E-state index contributed by atoms with van der Waals surface area (Å²) >= 11 is 0. The number of ether oxygens (including phenoxy) is 1. The molecule has 2 aliphatic rings. The molecule has 0 atom stereocenters. The molecular formula is C32H38N4O4. The van der Waals surface area contributed by atoms with Crippen molar-refractivity contribution in [3.63, 3.8) is 0 Å². The number of aromatic amines is 2. The average Bonchev–Trinajstić information content (AvgIpc) is 3.58. The molecule has 2 aromatic carbocycles. The summed E-state index contributed by atoms with van der Waals surface area (Å²) in [5.41, 5.74) is 6.87. The Morgan fingerprint density at radius 3 is 2.27 bits per heavy atom. The Morgan fingerprint density at radius 2 is 1.60 bits per heavy atom. The van der Waals surface area contributed by atoms with E-state index in [-0.39, 0.29) is 5.97 Å². The van der Waals surface area contributed by atoms with Gasteiger partial charge < -0.3 is 29.6 Å². The second kappa shape index (κ2) is 12.1. The zero-order valence-electron chi connectivity index (χ0n) is 23.5. The fourth-order valence-corrected chi connectivity index (χ4v) is 5.68. The highest BCUT2D eigenvalue weighted by Gasteiger charge is 2.21. The minimum atomic E-state index is -0.863. The number of aromatic nitrogens is 2. The number of H-pyrrole nitrogens is 2. The molecule has 1 fully saturated rings. The van der Waals surface area contributed by atoms with Crippen LogP contribution in [0.15, 0.2) is 54.9 Å². The Kier molecular flexibility index (Phi) is 8.38. The number of carboxylic acid groups (broad SMARTS) is 1. The summed E-state index contributed by atoms with van der Waals surface area (Å²) < 4.78 is 5.08. The molecule has 0 saturated carbocycles. The number of hydrogen-bond acceptors (Lipinski definition) is 5. The number of nitrogens with one attached hydrogen (secondary N) is 2. The predicted molar refractivity (Wildman–Crippen MR) is 159 cm³/mol. The van der Waals surface area contributed by atoms with Crippen LogP contribution in [0.4, 0.5) is 0 Å². The van der Waals surface area contributed by atoms with E-state index in [1.807, 2.05) is 43.6 Å². The van der Waals surface area contributed by atoms with Crippen molar-refractivity contribution in [3.8, 4) is 0 Å². The van der Waals surface area contributed by atoms with E-state index in [1.165, 1.54) is 16.7 Å². The number of fused-ring (bicyclic) bond motifs is 2. The molecule has 0 radical (unpaired) electrons. The van der Waals surface area contributed by atoms with Crippen molar-refractivity contribution in [2.45, 2.75) is 32.1 Å². The van der Waals surface area contributed by atoms with Gasteiger partial charge in [0.1, 0.15) is 0 Å². The molecule has 4 aromatic rings. The highest BCUT2D eigenvalue weighted by molar-refractivity contribution is 5.99. The van der Waals surface area contributed by atoms with Gasteiger partial charge in [-0.25, -0.2) is 9.59 Å². The molecule has 2 aromatic heterocycles. The lowest BCUT2D eigenvalue weighted by atomic mass is 9.89. The van der Waals surface area contributed by atoms with Crippen molar-refractivity contribution in [3.05, 3.63) is 77.1 Å². The molecule has 0 spiro atoms. The Bertz CT molecular complexity index is 1540. The van der Waals surface area contributed by atoms with Crippen LogP contribution in [0.5, 0.6) is 0 Å². The van der Waals surface area contributed by atoms with Crippen LogP contribution in [0, 0.1) is 0 Å². The molecular weight excluding hydrogens is 504 g/mol. The van der Waals surface area contributed by atoms with Crippen LogP contribution < -0.4 is 0 Å². The van der Waals surface area contributed by atoms with E-state index >= 15 is 0 Å². The maximum atomic E-state index is 11.9. The Balaban J connectivity index is 0.000000162. The number of rotatable bonds is 5. The van der Waals surface area contributed by atoms with E-state index < -0.39 is 5.97 Å². The third kappa shape index (κ3) is 5.98. The van der Waals surface area contributed by atoms with E-state index in [0.29, 0.717) is 23.7 Å². The van der Waals surface area contributed by atoms with Gasteiger partial charge >= 0.3 is 11.9 Å². The number of carbonyl (C=O) groups excluding carboxylic acids is 1. The van der Waals surface area contributed by atoms with E-state index in [4.69, 9.17) is 9.84 Å². The van der Waals surface area contributed by atoms with Crippen LogP contribution >= 0.6 is 0 Å². The van der Waals surface area contributed by atoms with Gasteiger partial charge in [-0.2, -0.15) is 0 Å². The minimum Gasteiger partial charge on any atom is -0.478 e. The summed E-state index contributed by atoms with van der Waals surface area (Å²) in [5.74, 6) is -0.588. The number of benzene rings is 2.